The number of carbonyl (C=O) groups is 2. The molecule has 5 nitrogen and oxygen atoms in total. The molecule has 2 heterocycles. The fourth-order valence-electron chi connectivity index (χ4n) is 2.37. The van der Waals surface area contributed by atoms with Crippen molar-refractivity contribution in [2.24, 2.45) is 5.92 Å². The summed E-state index contributed by atoms with van der Waals surface area (Å²) in [4.78, 5) is 25.0. The van der Waals surface area contributed by atoms with E-state index >= 15 is 0 Å². The number of urea groups is 1. The molecule has 2 rings (SSSR count). The SMILES string of the molecule is CC(C)C[C@@H]1NC(=O)N(C[C@H]2CCCO2)C1=O. The molecule has 3 amide bonds. The molecule has 5 heteroatoms. The number of rotatable bonds is 4. The molecule has 0 unspecified atom stereocenters. The van der Waals surface area contributed by atoms with Gasteiger partial charge in [0.1, 0.15) is 6.04 Å². The summed E-state index contributed by atoms with van der Waals surface area (Å²) < 4.78 is 5.45. The second-order valence-electron chi connectivity index (χ2n) is 5.22. The van der Waals surface area contributed by atoms with E-state index in [1.165, 1.54) is 4.90 Å². The van der Waals surface area contributed by atoms with E-state index in [-0.39, 0.29) is 24.1 Å². The first-order chi connectivity index (χ1) is 8.08. The van der Waals surface area contributed by atoms with Gasteiger partial charge in [0.2, 0.25) is 0 Å². The fraction of sp³-hybridized carbons (Fsp3) is 0.833. The zero-order valence-electron chi connectivity index (χ0n) is 10.4. The highest BCUT2D eigenvalue weighted by atomic mass is 16.5. The van der Waals surface area contributed by atoms with Crippen molar-refractivity contribution >= 4 is 11.9 Å². The van der Waals surface area contributed by atoms with Gasteiger partial charge in [-0.25, -0.2) is 4.79 Å². The van der Waals surface area contributed by atoms with Gasteiger partial charge < -0.3 is 10.1 Å². The van der Waals surface area contributed by atoms with Crippen LogP contribution in [0.2, 0.25) is 0 Å². The van der Waals surface area contributed by atoms with Crippen LogP contribution in [-0.2, 0) is 9.53 Å². The molecule has 0 bridgehead atoms. The van der Waals surface area contributed by atoms with Crippen molar-refractivity contribution in [3.63, 3.8) is 0 Å². The van der Waals surface area contributed by atoms with Gasteiger partial charge in [-0.3, -0.25) is 9.69 Å². The number of carbonyl (C=O) groups excluding carboxylic acids is 2. The van der Waals surface area contributed by atoms with Crippen LogP contribution in [-0.4, -0.2) is 42.1 Å². The minimum absolute atomic E-state index is 0.0301. The Kier molecular flexibility index (Phi) is 3.66. The van der Waals surface area contributed by atoms with Gasteiger partial charge in [-0.05, 0) is 25.2 Å². The Morgan fingerprint density at radius 3 is 2.82 bits per heavy atom. The van der Waals surface area contributed by atoms with Gasteiger partial charge in [0.15, 0.2) is 0 Å². The van der Waals surface area contributed by atoms with Gasteiger partial charge in [-0.2, -0.15) is 0 Å². The third-order valence-corrected chi connectivity index (χ3v) is 3.22. The quantitative estimate of drug-likeness (QED) is 0.749. The van der Waals surface area contributed by atoms with E-state index in [1.54, 1.807) is 0 Å². The Balaban J connectivity index is 1.93. The first kappa shape index (κ1) is 12.4. The predicted molar refractivity (Wildman–Crippen MR) is 62.5 cm³/mol. The summed E-state index contributed by atoms with van der Waals surface area (Å²) >= 11 is 0. The average Bonchev–Trinajstić information content (AvgIpc) is 2.83. The average molecular weight is 240 g/mol. The topological polar surface area (TPSA) is 58.6 Å². The molecule has 2 aliphatic rings. The van der Waals surface area contributed by atoms with Crippen molar-refractivity contribution in [3.05, 3.63) is 0 Å². The van der Waals surface area contributed by atoms with Crippen LogP contribution in [0.25, 0.3) is 0 Å². The summed E-state index contributed by atoms with van der Waals surface area (Å²) in [6.07, 6.45) is 2.69. The molecule has 2 fully saturated rings. The van der Waals surface area contributed by atoms with Crippen LogP contribution in [0.1, 0.15) is 33.1 Å². The van der Waals surface area contributed by atoms with Crippen LogP contribution in [0.5, 0.6) is 0 Å². The maximum atomic E-state index is 12.0. The van der Waals surface area contributed by atoms with E-state index in [0.29, 0.717) is 18.9 Å². The first-order valence-corrected chi connectivity index (χ1v) is 6.31. The molecule has 2 atom stereocenters. The number of hydrogen-bond donors (Lipinski definition) is 1. The Hall–Kier alpha value is -1.10. The van der Waals surface area contributed by atoms with Crippen molar-refractivity contribution in [1.82, 2.24) is 10.2 Å². The van der Waals surface area contributed by atoms with Gasteiger partial charge in [-0.15, -0.1) is 0 Å². The number of amides is 3. The lowest BCUT2D eigenvalue weighted by molar-refractivity contribution is -0.128. The monoisotopic (exact) mass is 240 g/mol. The van der Waals surface area contributed by atoms with Gasteiger partial charge in [-0.1, -0.05) is 13.8 Å². The van der Waals surface area contributed by atoms with Crippen molar-refractivity contribution in [2.75, 3.05) is 13.2 Å². The number of ether oxygens (including phenoxy) is 1. The minimum atomic E-state index is -0.344. The molecule has 0 spiro atoms. The Morgan fingerprint density at radius 1 is 1.47 bits per heavy atom. The van der Waals surface area contributed by atoms with Crippen molar-refractivity contribution in [2.45, 2.75) is 45.3 Å². The molecular formula is C12H20N2O3. The van der Waals surface area contributed by atoms with E-state index in [4.69, 9.17) is 4.74 Å². The molecule has 96 valence electrons. The molecule has 0 aromatic rings. The van der Waals surface area contributed by atoms with Gasteiger partial charge >= 0.3 is 6.03 Å². The van der Waals surface area contributed by atoms with Crippen LogP contribution < -0.4 is 5.32 Å². The highest BCUT2D eigenvalue weighted by Gasteiger charge is 2.39. The Bertz CT molecular complexity index is 311. The zero-order chi connectivity index (χ0) is 12.4. The first-order valence-electron chi connectivity index (χ1n) is 6.31. The summed E-state index contributed by atoms with van der Waals surface area (Å²) in [5.41, 5.74) is 0. The summed E-state index contributed by atoms with van der Waals surface area (Å²) in [6, 6.07) is -0.611. The molecule has 17 heavy (non-hydrogen) atoms. The maximum absolute atomic E-state index is 12.0. The second-order valence-corrected chi connectivity index (χ2v) is 5.22. The fourth-order valence-corrected chi connectivity index (χ4v) is 2.37. The number of nitrogens with zero attached hydrogens (tertiary/aromatic N) is 1. The molecule has 0 aliphatic carbocycles. The third kappa shape index (κ3) is 2.77. The third-order valence-electron chi connectivity index (χ3n) is 3.22. The summed E-state index contributed by atoms with van der Waals surface area (Å²) in [5, 5.41) is 2.74. The molecule has 1 N–H and O–H groups in total. The molecule has 0 radical (unpaired) electrons. The second kappa shape index (κ2) is 5.04. The highest BCUT2D eigenvalue weighted by Crippen LogP contribution is 2.18. The smallest absolute Gasteiger partial charge is 0.324 e. The van der Waals surface area contributed by atoms with Crippen LogP contribution in [0.3, 0.4) is 0 Å². The van der Waals surface area contributed by atoms with Crippen LogP contribution in [0, 0.1) is 5.92 Å². The van der Waals surface area contributed by atoms with Crippen LogP contribution in [0.15, 0.2) is 0 Å². The van der Waals surface area contributed by atoms with Crippen LogP contribution >= 0.6 is 0 Å². The van der Waals surface area contributed by atoms with Crippen molar-refractivity contribution < 1.29 is 14.3 Å². The largest absolute Gasteiger partial charge is 0.376 e. The minimum Gasteiger partial charge on any atom is -0.376 e. The van der Waals surface area contributed by atoms with E-state index in [0.717, 1.165) is 19.4 Å². The number of imide groups is 1. The molecule has 0 saturated carbocycles. The zero-order valence-corrected chi connectivity index (χ0v) is 10.4. The van der Waals surface area contributed by atoms with E-state index in [9.17, 15) is 9.59 Å². The lowest BCUT2D eigenvalue weighted by Gasteiger charge is -2.17. The highest BCUT2D eigenvalue weighted by molar-refractivity contribution is 6.04. The Morgan fingerprint density at radius 2 is 2.24 bits per heavy atom. The number of nitrogens with one attached hydrogen (secondary N) is 1. The molecule has 2 aliphatic heterocycles. The van der Waals surface area contributed by atoms with Gasteiger partial charge in [0.05, 0.1) is 12.6 Å². The van der Waals surface area contributed by atoms with E-state index in [1.807, 2.05) is 13.8 Å². The van der Waals surface area contributed by atoms with Gasteiger partial charge in [0, 0.05) is 6.61 Å². The molecule has 0 aromatic heterocycles. The van der Waals surface area contributed by atoms with E-state index in [2.05, 4.69) is 5.32 Å². The summed E-state index contributed by atoms with van der Waals surface area (Å²) in [7, 11) is 0. The summed E-state index contributed by atoms with van der Waals surface area (Å²) in [5.74, 6) is 0.297. The predicted octanol–water partition coefficient (Wildman–Crippen LogP) is 1.13. The normalized spacial score (nSPS) is 29.2. The lowest BCUT2D eigenvalue weighted by atomic mass is 10.0. The summed E-state index contributed by atoms with van der Waals surface area (Å²) in [6.45, 7) is 5.23. The maximum Gasteiger partial charge on any atom is 0.324 e. The van der Waals surface area contributed by atoms with Crippen LogP contribution in [0.4, 0.5) is 4.79 Å². The Labute approximate surface area is 101 Å². The molecule has 2 saturated heterocycles. The molecular weight excluding hydrogens is 220 g/mol. The lowest BCUT2D eigenvalue weighted by Crippen LogP contribution is -2.37. The number of hydrogen-bond acceptors (Lipinski definition) is 3. The standard InChI is InChI=1S/C12H20N2O3/c1-8(2)6-10-11(15)14(12(16)13-10)7-9-4-3-5-17-9/h8-10H,3-7H2,1-2H3,(H,13,16)/t9-,10+/m1/s1. The van der Waals surface area contributed by atoms with Crippen molar-refractivity contribution in [3.8, 4) is 0 Å². The van der Waals surface area contributed by atoms with Gasteiger partial charge in [0.25, 0.3) is 5.91 Å². The molecule has 0 aromatic carbocycles. The van der Waals surface area contributed by atoms with Crippen molar-refractivity contribution in [1.29, 1.82) is 0 Å². The van der Waals surface area contributed by atoms with E-state index < -0.39 is 0 Å².